The van der Waals surface area contributed by atoms with Gasteiger partial charge in [0.05, 0.1) is 46.9 Å². The van der Waals surface area contributed by atoms with Gasteiger partial charge in [0.15, 0.2) is 0 Å². The molecule has 0 aromatic carbocycles. The molecule has 3 rings (SSSR count). The predicted octanol–water partition coefficient (Wildman–Crippen LogP) is -0.272. The lowest BCUT2D eigenvalue weighted by atomic mass is 10.4. The van der Waals surface area contributed by atoms with E-state index in [2.05, 4.69) is 37.4 Å². The van der Waals surface area contributed by atoms with Crippen LogP contribution in [0.1, 0.15) is 0 Å². The molecule has 1 fully saturated rings. The van der Waals surface area contributed by atoms with Crippen LogP contribution in [0.4, 0.5) is 5.95 Å². The first-order valence-electron chi connectivity index (χ1n) is 7.03. The van der Waals surface area contributed by atoms with Crippen LogP contribution in [0.2, 0.25) is 0 Å². The van der Waals surface area contributed by atoms with Crippen LogP contribution in [0, 0.1) is 0 Å². The molecule has 0 atom stereocenters. The van der Waals surface area contributed by atoms with Gasteiger partial charge in [-0.15, -0.1) is 25.1 Å². The second-order valence-corrected chi connectivity index (χ2v) is 4.88. The monoisotopic (exact) mass is 322 g/mol. The second-order valence-electron chi connectivity index (χ2n) is 4.88. The van der Waals surface area contributed by atoms with Crippen molar-refractivity contribution in [3.8, 4) is 12.0 Å². The number of methoxy groups -OCH3 is 2. The zero-order valence-corrected chi connectivity index (χ0v) is 13.4. The van der Waals surface area contributed by atoms with E-state index in [1.165, 1.54) is 14.2 Å². The van der Waals surface area contributed by atoms with Crippen molar-refractivity contribution < 1.29 is 14.2 Å². The van der Waals surface area contributed by atoms with E-state index >= 15 is 0 Å². The highest BCUT2D eigenvalue weighted by Crippen LogP contribution is 2.22. The molecule has 124 valence electrons. The van der Waals surface area contributed by atoms with Crippen molar-refractivity contribution in [1.82, 2.24) is 34.8 Å². The highest BCUT2D eigenvalue weighted by molar-refractivity contribution is 5.27. The van der Waals surface area contributed by atoms with Gasteiger partial charge in [-0.3, -0.25) is 4.48 Å². The standard InChI is InChI=1S/C10H17N4O3.C3H3N3/c1-14(4-6-17-7-5-14)8-11-9(15-2)13-10(12-8)16-3;1-2-4-6-5-3-1/h4-7H2,1-3H3;1-3H/q+1;. The molecule has 0 bridgehead atoms. The average molecular weight is 322 g/mol. The van der Waals surface area contributed by atoms with E-state index < -0.39 is 0 Å². The van der Waals surface area contributed by atoms with E-state index in [1.807, 2.05) is 0 Å². The summed E-state index contributed by atoms with van der Waals surface area (Å²) in [6.07, 6.45) is 3.15. The van der Waals surface area contributed by atoms with E-state index in [4.69, 9.17) is 14.2 Å². The Kier molecular flexibility index (Phi) is 6.06. The summed E-state index contributed by atoms with van der Waals surface area (Å²) >= 11 is 0. The lowest BCUT2D eigenvalue weighted by Gasteiger charge is -2.34. The fraction of sp³-hybridized carbons (Fsp3) is 0.538. The number of rotatable bonds is 3. The Labute approximate surface area is 134 Å². The molecular weight excluding hydrogens is 302 g/mol. The SMILES string of the molecule is COc1nc(OC)nc([N+]2(C)CCOCC2)n1.c1cnnnc1. The molecule has 1 aliphatic rings. The number of quaternary nitrogens is 1. The lowest BCUT2D eigenvalue weighted by Crippen LogP contribution is -2.54. The molecular formula is C13H20N7O3+. The largest absolute Gasteiger partial charge is 0.466 e. The summed E-state index contributed by atoms with van der Waals surface area (Å²) in [5.41, 5.74) is 0. The van der Waals surface area contributed by atoms with Crippen LogP contribution in [-0.2, 0) is 4.74 Å². The minimum Gasteiger partial charge on any atom is -0.466 e. The van der Waals surface area contributed by atoms with Gasteiger partial charge in [0, 0.05) is 0 Å². The van der Waals surface area contributed by atoms with Crippen LogP contribution in [0.5, 0.6) is 12.0 Å². The maximum atomic E-state index is 5.35. The second kappa shape index (κ2) is 8.25. The van der Waals surface area contributed by atoms with Gasteiger partial charge in [0.1, 0.15) is 13.1 Å². The highest BCUT2D eigenvalue weighted by Gasteiger charge is 2.32. The number of likely N-dealkylation sites (N-methyl/N-ethyl adjacent to an activating group) is 1. The molecule has 3 heterocycles. The van der Waals surface area contributed by atoms with E-state index in [0.717, 1.165) is 13.1 Å². The zero-order valence-electron chi connectivity index (χ0n) is 13.4. The molecule has 1 saturated heterocycles. The normalized spacial score (nSPS) is 16.0. The van der Waals surface area contributed by atoms with E-state index in [9.17, 15) is 0 Å². The molecule has 0 unspecified atom stereocenters. The van der Waals surface area contributed by atoms with E-state index in [0.29, 0.717) is 23.6 Å². The van der Waals surface area contributed by atoms with Crippen molar-refractivity contribution in [3.63, 3.8) is 0 Å². The Morgan fingerprint density at radius 2 is 1.52 bits per heavy atom. The van der Waals surface area contributed by atoms with Crippen LogP contribution >= 0.6 is 0 Å². The first-order chi connectivity index (χ1) is 11.2. The molecule has 10 heteroatoms. The molecule has 0 amide bonds. The topological polar surface area (TPSA) is 105 Å². The lowest BCUT2D eigenvalue weighted by molar-refractivity contribution is 0.0489. The van der Waals surface area contributed by atoms with Crippen LogP contribution in [0.25, 0.3) is 0 Å². The molecule has 23 heavy (non-hydrogen) atoms. The van der Waals surface area contributed by atoms with Crippen LogP contribution in [0.15, 0.2) is 18.5 Å². The van der Waals surface area contributed by atoms with Crippen molar-refractivity contribution in [2.45, 2.75) is 0 Å². The Morgan fingerprint density at radius 1 is 0.957 bits per heavy atom. The third kappa shape index (κ3) is 4.76. The fourth-order valence-electron chi connectivity index (χ4n) is 1.90. The third-order valence-corrected chi connectivity index (χ3v) is 3.30. The Balaban J connectivity index is 0.000000268. The van der Waals surface area contributed by atoms with Crippen molar-refractivity contribution in [3.05, 3.63) is 18.5 Å². The minimum atomic E-state index is 0.276. The van der Waals surface area contributed by atoms with Crippen molar-refractivity contribution >= 4 is 5.95 Å². The summed E-state index contributed by atoms with van der Waals surface area (Å²) in [6.45, 7) is 3.06. The van der Waals surface area contributed by atoms with Gasteiger partial charge in [-0.2, -0.15) is 0 Å². The molecule has 0 saturated carbocycles. The van der Waals surface area contributed by atoms with Gasteiger partial charge < -0.3 is 14.2 Å². The van der Waals surface area contributed by atoms with Crippen LogP contribution in [-0.4, -0.2) is 77.9 Å². The van der Waals surface area contributed by atoms with E-state index in [-0.39, 0.29) is 12.0 Å². The summed E-state index contributed by atoms with van der Waals surface area (Å²) in [7, 11) is 5.12. The zero-order chi connectivity index (χ0) is 16.5. The van der Waals surface area contributed by atoms with Gasteiger partial charge in [-0.05, 0) is 11.3 Å². The number of nitrogens with zero attached hydrogens (tertiary/aromatic N) is 7. The third-order valence-electron chi connectivity index (χ3n) is 3.30. The van der Waals surface area contributed by atoms with Gasteiger partial charge in [0.25, 0.3) is 0 Å². The Hall–Kier alpha value is -2.46. The first-order valence-corrected chi connectivity index (χ1v) is 7.03. The molecule has 2 aromatic heterocycles. The fourth-order valence-corrected chi connectivity index (χ4v) is 1.90. The maximum Gasteiger partial charge on any atom is 0.338 e. The summed E-state index contributed by atoms with van der Waals surface area (Å²) in [5, 5.41) is 10.1. The van der Waals surface area contributed by atoms with Crippen molar-refractivity contribution in [1.29, 1.82) is 0 Å². The number of morpholine rings is 1. The molecule has 0 spiro atoms. The smallest absolute Gasteiger partial charge is 0.338 e. The highest BCUT2D eigenvalue weighted by atomic mass is 16.5. The van der Waals surface area contributed by atoms with Gasteiger partial charge in [0.2, 0.25) is 0 Å². The van der Waals surface area contributed by atoms with Gasteiger partial charge >= 0.3 is 18.0 Å². The molecule has 0 aliphatic carbocycles. The summed E-state index contributed by atoms with van der Waals surface area (Å²) in [4.78, 5) is 12.6. The molecule has 10 nitrogen and oxygen atoms in total. The maximum absolute atomic E-state index is 5.35. The van der Waals surface area contributed by atoms with Crippen molar-refractivity contribution in [2.24, 2.45) is 0 Å². The number of ether oxygens (including phenoxy) is 3. The number of aromatic nitrogens is 6. The minimum absolute atomic E-state index is 0.276. The van der Waals surface area contributed by atoms with E-state index in [1.54, 1.807) is 18.5 Å². The molecule has 0 radical (unpaired) electrons. The van der Waals surface area contributed by atoms with Crippen molar-refractivity contribution in [2.75, 3.05) is 47.6 Å². The Bertz CT molecular complexity index is 544. The summed E-state index contributed by atoms with van der Waals surface area (Å²) in [6, 6.07) is 2.27. The van der Waals surface area contributed by atoms with Crippen LogP contribution < -0.4 is 14.0 Å². The Morgan fingerprint density at radius 3 is 1.91 bits per heavy atom. The molecule has 0 N–H and O–H groups in total. The number of hydrogen-bond acceptors (Lipinski definition) is 9. The predicted molar refractivity (Wildman–Crippen MR) is 81.0 cm³/mol. The van der Waals surface area contributed by atoms with Gasteiger partial charge in [-0.1, -0.05) is 0 Å². The van der Waals surface area contributed by atoms with Gasteiger partial charge in [-0.25, -0.2) is 0 Å². The average Bonchev–Trinajstić information content (AvgIpc) is 2.64. The quantitative estimate of drug-likeness (QED) is 0.706. The van der Waals surface area contributed by atoms with Crippen LogP contribution in [0.3, 0.4) is 0 Å². The summed E-state index contributed by atoms with van der Waals surface area (Å²) in [5.74, 6) is 0.650. The molecule has 2 aromatic rings. The molecule has 1 aliphatic heterocycles. The number of hydrogen-bond donors (Lipinski definition) is 0. The first kappa shape index (κ1) is 16.9. The summed E-state index contributed by atoms with van der Waals surface area (Å²) < 4.78 is 16.1.